The van der Waals surface area contributed by atoms with E-state index in [9.17, 15) is 14.9 Å². The molecule has 1 N–H and O–H groups in total. The summed E-state index contributed by atoms with van der Waals surface area (Å²) >= 11 is 0. The minimum atomic E-state index is -0.454. The molecule has 0 radical (unpaired) electrons. The molecular formula is C19H19N3O4. The van der Waals surface area contributed by atoms with Crippen LogP contribution in [-0.4, -0.2) is 23.7 Å². The molecule has 7 heteroatoms. The zero-order valence-electron chi connectivity index (χ0n) is 14.5. The fourth-order valence-corrected chi connectivity index (χ4v) is 2.00. The minimum absolute atomic E-state index is 0.0341. The molecule has 0 atom stereocenters. The van der Waals surface area contributed by atoms with Gasteiger partial charge in [0.25, 0.3) is 11.6 Å². The lowest BCUT2D eigenvalue weighted by Crippen LogP contribution is -2.24. The fraction of sp³-hybridized carbons (Fsp3) is 0.158. The maximum absolute atomic E-state index is 11.7. The third-order valence-electron chi connectivity index (χ3n) is 3.59. The highest BCUT2D eigenvalue weighted by atomic mass is 16.6. The maximum Gasteiger partial charge on any atom is 0.277 e. The number of non-ortho nitro benzene ring substituents is 1. The summed E-state index contributed by atoms with van der Waals surface area (Å²) in [7, 11) is 0. The summed E-state index contributed by atoms with van der Waals surface area (Å²) in [6.07, 6.45) is 4.74. The number of nitrogens with one attached hydrogen (secondary N) is 1. The molecule has 0 bridgehead atoms. The maximum atomic E-state index is 11.7. The van der Waals surface area contributed by atoms with Crippen molar-refractivity contribution in [3.05, 3.63) is 75.3 Å². The number of nitro groups is 1. The zero-order chi connectivity index (χ0) is 18.9. The summed E-state index contributed by atoms with van der Waals surface area (Å²) in [5, 5.41) is 14.3. The molecule has 0 aliphatic heterocycles. The van der Waals surface area contributed by atoms with Crippen molar-refractivity contribution in [1.29, 1.82) is 0 Å². The van der Waals surface area contributed by atoms with Gasteiger partial charge in [-0.15, -0.1) is 0 Å². The number of carbonyl (C=O) groups excluding carboxylic acids is 1. The molecular weight excluding hydrogens is 334 g/mol. The number of amides is 1. The zero-order valence-corrected chi connectivity index (χ0v) is 14.5. The molecule has 2 aromatic rings. The third-order valence-corrected chi connectivity index (χ3v) is 3.59. The third kappa shape index (κ3) is 5.86. The molecule has 0 aromatic heterocycles. The lowest BCUT2D eigenvalue weighted by Gasteiger charge is -2.07. The molecule has 1 amide bonds. The molecule has 26 heavy (non-hydrogen) atoms. The number of ether oxygens (including phenoxy) is 1. The van der Waals surface area contributed by atoms with Crippen LogP contribution < -0.4 is 10.2 Å². The molecule has 0 fully saturated rings. The Morgan fingerprint density at radius 3 is 2.58 bits per heavy atom. The van der Waals surface area contributed by atoms with E-state index < -0.39 is 4.92 Å². The van der Waals surface area contributed by atoms with Gasteiger partial charge in [0.1, 0.15) is 5.75 Å². The Kier molecular flexibility index (Phi) is 6.61. The van der Waals surface area contributed by atoms with Crippen molar-refractivity contribution < 1.29 is 14.5 Å². The van der Waals surface area contributed by atoms with E-state index in [1.165, 1.54) is 18.3 Å². The Bertz CT molecular complexity index is 842. The van der Waals surface area contributed by atoms with Crippen molar-refractivity contribution in [3.8, 4) is 5.75 Å². The average Bonchev–Trinajstić information content (AvgIpc) is 2.63. The van der Waals surface area contributed by atoms with Gasteiger partial charge in [-0.25, -0.2) is 5.43 Å². The summed E-state index contributed by atoms with van der Waals surface area (Å²) in [4.78, 5) is 21.8. The molecule has 0 aliphatic rings. The highest BCUT2D eigenvalue weighted by Crippen LogP contribution is 2.16. The van der Waals surface area contributed by atoms with Gasteiger partial charge < -0.3 is 4.74 Å². The summed E-state index contributed by atoms with van der Waals surface area (Å²) < 4.78 is 5.40. The van der Waals surface area contributed by atoms with Gasteiger partial charge in [0.2, 0.25) is 0 Å². The fourth-order valence-electron chi connectivity index (χ4n) is 2.00. The lowest BCUT2D eigenvalue weighted by molar-refractivity contribution is -0.384. The number of aryl methyl sites for hydroxylation is 2. The average molecular weight is 353 g/mol. The van der Waals surface area contributed by atoms with Crippen molar-refractivity contribution in [1.82, 2.24) is 5.43 Å². The summed E-state index contributed by atoms with van der Waals surface area (Å²) in [6, 6.07) is 11.7. The van der Waals surface area contributed by atoms with Crippen LogP contribution in [0.2, 0.25) is 0 Å². The standard InChI is InChI=1S/C19H19N3O4/c1-14-5-10-18(12-15(14)2)26-13-19(23)21-20-11-3-4-16-6-8-17(9-7-16)22(24)25/h3-12H,13H2,1-2H3,(H,21,23)/b4-3+,20-11-. The van der Waals surface area contributed by atoms with Crippen molar-refractivity contribution >= 4 is 23.9 Å². The van der Waals surface area contributed by atoms with Crippen LogP contribution >= 0.6 is 0 Å². The van der Waals surface area contributed by atoms with Crippen molar-refractivity contribution in [2.45, 2.75) is 13.8 Å². The Morgan fingerprint density at radius 1 is 1.19 bits per heavy atom. The van der Waals surface area contributed by atoms with Crippen LogP contribution in [0.1, 0.15) is 16.7 Å². The van der Waals surface area contributed by atoms with E-state index in [4.69, 9.17) is 4.74 Å². The molecule has 0 heterocycles. The van der Waals surface area contributed by atoms with Crippen LogP contribution in [-0.2, 0) is 4.79 Å². The van der Waals surface area contributed by atoms with Crippen LogP contribution in [0, 0.1) is 24.0 Å². The number of hydrogen-bond donors (Lipinski definition) is 1. The first-order chi connectivity index (χ1) is 12.5. The number of rotatable bonds is 7. The second-order valence-corrected chi connectivity index (χ2v) is 5.56. The van der Waals surface area contributed by atoms with Crippen LogP contribution in [0.25, 0.3) is 6.08 Å². The predicted octanol–water partition coefficient (Wildman–Crippen LogP) is 3.41. The second-order valence-electron chi connectivity index (χ2n) is 5.56. The quantitative estimate of drug-likeness (QED) is 0.469. The summed E-state index contributed by atoms with van der Waals surface area (Å²) in [6.45, 7) is 3.85. The molecule has 0 unspecified atom stereocenters. The number of hydrogen-bond acceptors (Lipinski definition) is 5. The normalized spacial score (nSPS) is 11.0. The predicted molar refractivity (Wildman–Crippen MR) is 100 cm³/mol. The van der Waals surface area contributed by atoms with Crippen LogP contribution in [0.4, 0.5) is 5.69 Å². The van der Waals surface area contributed by atoms with Gasteiger partial charge in [-0.2, -0.15) is 5.10 Å². The van der Waals surface area contributed by atoms with Gasteiger partial charge in [-0.1, -0.05) is 12.1 Å². The van der Waals surface area contributed by atoms with Gasteiger partial charge >= 0.3 is 0 Å². The topological polar surface area (TPSA) is 93.8 Å². The number of nitro benzene ring substituents is 1. The highest BCUT2D eigenvalue weighted by molar-refractivity contribution is 5.82. The Morgan fingerprint density at radius 2 is 1.92 bits per heavy atom. The Labute approximate surface area is 151 Å². The van der Waals surface area contributed by atoms with E-state index in [1.807, 2.05) is 32.0 Å². The van der Waals surface area contributed by atoms with Gasteiger partial charge in [0, 0.05) is 18.3 Å². The van der Waals surface area contributed by atoms with Gasteiger partial charge in [-0.05, 0) is 60.9 Å². The molecule has 7 nitrogen and oxygen atoms in total. The van der Waals surface area contributed by atoms with Crippen molar-refractivity contribution in [2.24, 2.45) is 5.10 Å². The van der Waals surface area contributed by atoms with E-state index in [0.717, 1.165) is 16.7 Å². The second kappa shape index (κ2) is 9.12. The Balaban J connectivity index is 1.75. The molecule has 0 saturated heterocycles. The first-order valence-electron chi connectivity index (χ1n) is 7.89. The molecule has 2 aromatic carbocycles. The van der Waals surface area contributed by atoms with E-state index in [-0.39, 0.29) is 18.2 Å². The molecule has 2 rings (SSSR count). The monoisotopic (exact) mass is 353 g/mol. The van der Waals surface area contributed by atoms with E-state index in [0.29, 0.717) is 5.75 Å². The number of allylic oxidation sites excluding steroid dienone is 1. The first-order valence-corrected chi connectivity index (χ1v) is 7.89. The minimum Gasteiger partial charge on any atom is -0.484 e. The first kappa shape index (κ1) is 18.9. The Hall–Kier alpha value is -3.48. The number of hydrazone groups is 1. The highest BCUT2D eigenvalue weighted by Gasteiger charge is 2.03. The lowest BCUT2D eigenvalue weighted by atomic mass is 10.1. The SMILES string of the molecule is Cc1ccc(OCC(=O)N/N=C\C=C\c2ccc([N+](=O)[O-])cc2)cc1C. The number of nitrogens with zero attached hydrogens (tertiary/aromatic N) is 2. The van der Waals surface area contributed by atoms with Crippen LogP contribution in [0.5, 0.6) is 5.75 Å². The van der Waals surface area contributed by atoms with E-state index in [1.54, 1.807) is 24.3 Å². The molecule has 134 valence electrons. The molecule has 0 aliphatic carbocycles. The van der Waals surface area contributed by atoms with Crippen molar-refractivity contribution in [3.63, 3.8) is 0 Å². The van der Waals surface area contributed by atoms with Crippen molar-refractivity contribution in [2.75, 3.05) is 6.61 Å². The summed E-state index contributed by atoms with van der Waals surface area (Å²) in [5.74, 6) is 0.258. The number of carbonyl (C=O) groups is 1. The van der Waals surface area contributed by atoms with Gasteiger partial charge in [-0.3, -0.25) is 14.9 Å². The van der Waals surface area contributed by atoms with Gasteiger partial charge in [0.15, 0.2) is 6.61 Å². The van der Waals surface area contributed by atoms with Gasteiger partial charge in [0.05, 0.1) is 4.92 Å². The number of benzene rings is 2. The smallest absolute Gasteiger partial charge is 0.277 e. The van der Waals surface area contributed by atoms with E-state index >= 15 is 0 Å². The van der Waals surface area contributed by atoms with E-state index in [2.05, 4.69) is 10.5 Å². The van der Waals surface area contributed by atoms with Crippen LogP contribution in [0.3, 0.4) is 0 Å². The summed E-state index contributed by atoms with van der Waals surface area (Å²) in [5.41, 5.74) is 5.43. The molecule has 0 spiro atoms. The largest absolute Gasteiger partial charge is 0.484 e. The van der Waals surface area contributed by atoms with Crippen LogP contribution in [0.15, 0.2) is 53.6 Å². The molecule has 0 saturated carbocycles.